The summed E-state index contributed by atoms with van der Waals surface area (Å²) in [5.41, 5.74) is 5.71. The second-order valence-electron chi connectivity index (χ2n) is 5.22. The molecule has 0 radical (unpaired) electrons. The number of aromatic nitrogens is 1. The van der Waals surface area contributed by atoms with Crippen molar-refractivity contribution in [2.45, 2.75) is 31.7 Å². The van der Waals surface area contributed by atoms with Crippen molar-refractivity contribution in [2.24, 2.45) is 5.92 Å². The number of hydrogen-bond acceptors (Lipinski definition) is 6. The molecule has 7 nitrogen and oxygen atoms in total. The second-order valence-corrected chi connectivity index (χ2v) is 6.87. The van der Waals surface area contributed by atoms with E-state index in [-0.39, 0.29) is 29.9 Å². The van der Waals surface area contributed by atoms with E-state index in [1.807, 2.05) is 0 Å². The molecule has 1 aromatic heterocycles. The van der Waals surface area contributed by atoms with Gasteiger partial charge in [-0.2, -0.15) is 0 Å². The fourth-order valence-corrected chi connectivity index (χ4v) is 3.88. The van der Waals surface area contributed by atoms with Gasteiger partial charge in [-0.05, 0) is 30.9 Å². The van der Waals surface area contributed by atoms with E-state index in [1.54, 1.807) is 0 Å². The van der Waals surface area contributed by atoms with Crippen LogP contribution in [0.2, 0.25) is 0 Å². The van der Waals surface area contributed by atoms with Crippen LogP contribution in [-0.4, -0.2) is 36.2 Å². The van der Waals surface area contributed by atoms with Crippen LogP contribution in [0.5, 0.6) is 0 Å². The normalized spacial score (nSPS) is 22.9. The number of aliphatic hydroxyl groups is 1. The van der Waals surface area contributed by atoms with Crippen LogP contribution in [0.4, 0.5) is 5.82 Å². The summed E-state index contributed by atoms with van der Waals surface area (Å²) in [4.78, 5) is 3.80. The molecule has 1 fully saturated rings. The topological polar surface area (TPSA) is 129 Å². The van der Waals surface area contributed by atoms with Crippen molar-refractivity contribution in [3.63, 3.8) is 0 Å². The lowest BCUT2D eigenvalue weighted by molar-refractivity contribution is 0.164. The lowest BCUT2D eigenvalue weighted by atomic mass is 9.86. The fourth-order valence-electron chi connectivity index (χ4n) is 2.59. The maximum atomic E-state index is 12.3. The highest BCUT2D eigenvalue weighted by Gasteiger charge is 2.31. The maximum absolute atomic E-state index is 12.3. The molecule has 5 N–H and O–H groups in total. The molecule has 2 atom stereocenters. The Morgan fingerprint density at radius 1 is 1.48 bits per heavy atom. The Labute approximate surface area is 124 Å². The Hall–Kier alpha value is -1.51. The Kier molecular flexibility index (Phi) is 4.92. The van der Waals surface area contributed by atoms with Gasteiger partial charge in [0.2, 0.25) is 0 Å². The predicted molar refractivity (Wildman–Crippen MR) is 80.4 cm³/mol. The lowest BCUT2D eigenvalue weighted by Gasteiger charge is -2.30. The average molecular weight is 312 g/mol. The zero-order valence-electron chi connectivity index (χ0n) is 11.6. The quantitative estimate of drug-likeness (QED) is 0.474. The third-order valence-electron chi connectivity index (χ3n) is 3.80. The summed E-state index contributed by atoms with van der Waals surface area (Å²) in [5, 5.41) is 16.6. The number of anilines is 1. The van der Waals surface area contributed by atoms with Gasteiger partial charge in [-0.15, -0.1) is 0 Å². The molecule has 0 unspecified atom stereocenters. The molecule has 1 saturated carbocycles. The first-order valence-corrected chi connectivity index (χ1v) is 8.36. The van der Waals surface area contributed by atoms with E-state index in [0.29, 0.717) is 6.42 Å². The van der Waals surface area contributed by atoms with Gasteiger partial charge in [-0.3, -0.25) is 5.41 Å². The summed E-state index contributed by atoms with van der Waals surface area (Å²) in [7, 11) is -3.98. The van der Waals surface area contributed by atoms with Crippen LogP contribution in [-0.2, 0) is 10.0 Å². The van der Waals surface area contributed by atoms with Crippen LogP contribution in [0.1, 0.15) is 31.2 Å². The lowest BCUT2D eigenvalue weighted by Crippen LogP contribution is -2.45. The second kappa shape index (κ2) is 6.50. The Morgan fingerprint density at radius 2 is 2.19 bits per heavy atom. The summed E-state index contributed by atoms with van der Waals surface area (Å²) >= 11 is 0. The highest BCUT2D eigenvalue weighted by Crippen LogP contribution is 2.25. The zero-order chi connectivity index (χ0) is 15.5. The largest absolute Gasteiger partial charge is 0.396 e. The molecular formula is C13H20N4O3S. The molecular weight excluding hydrogens is 292 g/mol. The number of sulfonamides is 1. The summed E-state index contributed by atoms with van der Waals surface area (Å²) in [6.07, 6.45) is 4.78. The zero-order valence-corrected chi connectivity index (χ0v) is 12.4. The van der Waals surface area contributed by atoms with Crippen molar-refractivity contribution in [1.82, 2.24) is 9.71 Å². The number of nitrogens with two attached hydrogens (primary N) is 1. The third kappa shape index (κ3) is 3.58. The third-order valence-corrected chi connectivity index (χ3v) is 5.17. The van der Waals surface area contributed by atoms with Crippen molar-refractivity contribution < 1.29 is 13.5 Å². The van der Waals surface area contributed by atoms with Crippen LogP contribution in [0.3, 0.4) is 0 Å². The summed E-state index contributed by atoms with van der Waals surface area (Å²) in [6, 6.07) is 2.65. The number of pyridine rings is 1. The molecule has 1 aromatic rings. The minimum absolute atomic E-state index is 0.00947. The average Bonchev–Trinajstić information content (AvgIpc) is 2.47. The van der Waals surface area contributed by atoms with Gasteiger partial charge in [0, 0.05) is 18.8 Å². The van der Waals surface area contributed by atoms with E-state index >= 15 is 0 Å². The van der Waals surface area contributed by atoms with Gasteiger partial charge in [0.25, 0.3) is 10.0 Å². The first-order valence-electron chi connectivity index (χ1n) is 6.88. The van der Waals surface area contributed by atoms with Crippen LogP contribution in [0, 0.1) is 11.3 Å². The van der Waals surface area contributed by atoms with Crippen molar-refractivity contribution in [1.29, 1.82) is 5.41 Å². The van der Waals surface area contributed by atoms with E-state index in [9.17, 15) is 13.5 Å². The van der Waals surface area contributed by atoms with E-state index in [4.69, 9.17) is 11.1 Å². The number of nitrogens with zero attached hydrogens (tertiary/aromatic N) is 1. The van der Waals surface area contributed by atoms with Crippen molar-refractivity contribution in [3.05, 3.63) is 23.9 Å². The van der Waals surface area contributed by atoms with E-state index < -0.39 is 15.1 Å². The first-order chi connectivity index (χ1) is 9.95. The SMILES string of the molecule is N=C(c1cccnc1N)S(=O)(=O)N[C@H]1CCCC[C@H]1CO. The molecule has 1 aliphatic rings. The standard InChI is InChI=1S/C13H20N4O3S/c14-12-10(5-3-7-16-12)13(15)21(19,20)17-11-6-2-1-4-9(11)8-18/h3,5,7,9,11,15,17-18H,1-2,4,6,8H2,(H2,14,16)/t9-,11-/m0/s1. The summed E-state index contributed by atoms with van der Waals surface area (Å²) < 4.78 is 27.2. The fraction of sp³-hybridized carbons (Fsp3) is 0.538. The number of rotatable bonds is 4. The summed E-state index contributed by atoms with van der Waals surface area (Å²) in [5.74, 6) is -0.0946. The van der Waals surface area contributed by atoms with Gasteiger partial charge >= 0.3 is 0 Å². The number of hydrogen-bond donors (Lipinski definition) is 4. The van der Waals surface area contributed by atoms with Crippen LogP contribution in [0.15, 0.2) is 18.3 Å². The van der Waals surface area contributed by atoms with Crippen LogP contribution in [0.25, 0.3) is 0 Å². The van der Waals surface area contributed by atoms with Gasteiger partial charge in [0.15, 0.2) is 5.04 Å². The van der Waals surface area contributed by atoms with Crippen LogP contribution >= 0.6 is 0 Å². The molecule has 0 aromatic carbocycles. The number of nitrogen functional groups attached to an aromatic ring is 1. The molecule has 1 heterocycles. The molecule has 0 spiro atoms. The van der Waals surface area contributed by atoms with E-state index in [0.717, 1.165) is 19.3 Å². The highest BCUT2D eigenvalue weighted by atomic mass is 32.2. The molecule has 1 aliphatic carbocycles. The summed E-state index contributed by atoms with van der Waals surface area (Å²) in [6.45, 7) is -0.0600. The molecule has 21 heavy (non-hydrogen) atoms. The number of aliphatic hydroxyl groups excluding tert-OH is 1. The van der Waals surface area contributed by atoms with Crippen LogP contribution < -0.4 is 10.5 Å². The van der Waals surface area contributed by atoms with E-state index in [1.165, 1.54) is 18.3 Å². The van der Waals surface area contributed by atoms with Gasteiger partial charge in [0.1, 0.15) is 5.82 Å². The van der Waals surface area contributed by atoms with Crippen molar-refractivity contribution >= 4 is 20.9 Å². The minimum Gasteiger partial charge on any atom is -0.396 e. The molecule has 2 rings (SSSR count). The maximum Gasteiger partial charge on any atom is 0.258 e. The molecule has 8 heteroatoms. The van der Waals surface area contributed by atoms with Crippen molar-refractivity contribution in [2.75, 3.05) is 12.3 Å². The Morgan fingerprint density at radius 3 is 2.86 bits per heavy atom. The highest BCUT2D eigenvalue weighted by molar-refractivity contribution is 8.05. The minimum atomic E-state index is -3.98. The van der Waals surface area contributed by atoms with Gasteiger partial charge in [-0.1, -0.05) is 12.8 Å². The van der Waals surface area contributed by atoms with E-state index in [2.05, 4.69) is 9.71 Å². The molecule has 0 saturated heterocycles. The molecule has 0 amide bonds. The van der Waals surface area contributed by atoms with Gasteiger partial charge in [-0.25, -0.2) is 18.1 Å². The number of nitrogens with one attached hydrogen (secondary N) is 2. The molecule has 116 valence electrons. The van der Waals surface area contributed by atoms with Gasteiger partial charge in [0.05, 0.1) is 5.56 Å². The predicted octanol–water partition coefficient (Wildman–Crippen LogP) is 0.460. The Bertz CT molecular complexity index is 618. The van der Waals surface area contributed by atoms with Crippen molar-refractivity contribution in [3.8, 4) is 0 Å². The van der Waals surface area contributed by atoms with Gasteiger partial charge < -0.3 is 10.8 Å². The monoisotopic (exact) mass is 312 g/mol. The molecule has 0 bridgehead atoms. The smallest absolute Gasteiger partial charge is 0.258 e. The molecule has 0 aliphatic heterocycles. The first kappa shape index (κ1) is 15.9. The Balaban J connectivity index is 2.18.